The lowest BCUT2D eigenvalue weighted by Gasteiger charge is -2.49. The standard InChI is InChI=1S/C17H26N2O/c1-3-18-16(15-6-4-10-19-13(15)2)14-7-11-20-17(12-14)8-5-9-17/h4,6,10,14,16,18H,3,5,7-9,11-12H2,1-2H3. The number of aromatic nitrogens is 1. The van der Waals surface area contributed by atoms with Gasteiger partial charge >= 0.3 is 0 Å². The largest absolute Gasteiger partial charge is 0.375 e. The molecule has 1 aromatic heterocycles. The molecule has 2 fully saturated rings. The van der Waals surface area contributed by atoms with Crippen molar-refractivity contribution in [2.75, 3.05) is 13.2 Å². The molecule has 1 spiro atoms. The zero-order valence-electron chi connectivity index (χ0n) is 12.7. The van der Waals surface area contributed by atoms with Crippen LogP contribution in [-0.4, -0.2) is 23.7 Å². The van der Waals surface area contributed by atoms with Gasteiger partial charge in [-0.25, -0.2) is 0 Å². The molecule has 1 saturated heterocycles. The molecule has 3 rings (SSSR count). The van der Waals surface area contributed by atoms with Crippen molar-refractivity contribution >= 4 is 0 Å². The van der Waals surface area contributed by atoms with Crippen molar-refractivity contribution in [3.63, 3.8) is 0 Å². The smallest absolute Gasteiger partial charge is 0.0686 e. The van der Waals surface area contributed by atoms with Crippen LogP contribution in [0.3, 0.4) is 0 Å². The van der Waals surface area contributed by atoms with Crippen LogP contribution in [-0.2, 0) is 4.74 Å². The normalized spacial score (nSPS) is 26.2. The molecule has 1 aliphatic carbocycles. The summed E-state index contributed by atoms with van der Waals surface area (Å²) < 4.78 is 6.08. The van der Waals surface area contributed by atoms with Crippen molar-refractivity contribution in [1.29, 1.82) is 0 Å². The maximum atomic E-state index is 6.08. The molecule has 3 nitrogen and oxygen atoms in total. The van der Waals surface area contributed by atoms with Crippen molar-refractivity contribution in [3.8, 4) is 0 Å². The molecule has 2 aliphatic rings. The number of nitrogens with one attached hydrogen (secondary N) is 1. The molecule has 0 aromatic carbocycles. The van der Waals surface area contributed by atoms with Crippen molar-refractivity contribution in [3.05, 3.63) is 29.6 Å². The molecule has 2 heterocycles. The first kappa shape index (κ1) is 14.0. The van der Waals surface area contributed by atoms with E-state index in [1.807, 2.05) is 6.20 Å². The predicted molar refractivity (Wildman–Crippen MR) is 80.6 cm³/mol. The van der Waals surface area contributed by atoms with Crippen LogP contribution in [0.25, 0.3) is 0 Å². The third-order valence-corrected chi connectivity index (χ3v) is 5.07. The van der Waals surface area contributed by atoms with Gasteiger partial charge in [0.15, 0.2) is 0 Å². The van der Waals surface area contributed by atoms with Crippen LogP contribution >= 0.6 is 0 Å². The summed E-state index contributed by atoms with van der Waals surface area (Å²) in [5.74, 6) is 0.673. The van der Waals surface area contributed by atoms with Crippen LogP contribution in [0, 0.1) is 12.8 Å². The molecule has 3 heteroatoms. The van der Waals surface area contributed by atoms with E-state index >= 15 is 0 Å². The quantitative estimate of drug-likeness (QED) is 0.914. The van der Waals surface area contributed by atoms with Crippen molar-refractivity contribution < 1.29 is 4.74 Å². The number of rotatable bonds is 4. The summed E-state index contributed by atoms with van der Waals surface area (Å²) in [6.45, 7) is 6.24. The first-order chi connectivity index (χ1) is 9.74. The summed E-state index contributed by atoms with van der Waals surface area (Å²) in [5, 5.41) is 3.70. The fourth-order valence-electron chi connectivity index (χ4n) is 3.85. The molecule has 1 N–H and O–H groups in total. The highest BCUT2D eigenvalue weighted by molar-refractivity contribution is 5.24. The summed E-state index contributed by atoms with van der Waals surface area (Å²) in [6.07, 6.45) is 8.11. The van der Waals surface area contributed by atoms with Crippen LogP contribution in [0.5, 0.6) is 0 Å². The Bertz CT molecular complexity index is 456. The molecule has 1 aromatic rings. The zero-order valence-corrected chi connectivity index (χ0v) is 12.7. The van der Waals surface area contributed by atoms with E-state index in [0.717, 1.165) is 25.3 Å². The monoisotopic (exact) mass is 274 g/mol. The number of aryl methyl sites for hydroxylation is 1. The van der Waals surface area contributed by atoms with Gasteiger partial charge in [0.1, 0.15) is 0 Å². The Hall–Kier alpha value is -0.930. The van der Waals surface area contributed by atoms with Gasteiger partial charge < -0.3 is 10.1 Å². The molecule has 2 unspecified atom stereocenters. The summed E-state index contributed by atoms with van der Waals surface area (Å²) >= 11 is 0. The number of pyridine rings is 1. The minimum atomic E-state index is 0.215. The second-order valence-corrected chi connectivity index (χ2v) is 6.35. The van der Waals surface area contributed by atoms with E-state index in [0.29, 0.717) is 12.0 Å². The topological polar surface area (TPSA) is 34.2 Å². The second-order valence-electron chi connectivity index (χ2n) is 6.35. The Morgan fingerprint density at radius 1 is 1.50 bits per heavy atom. The summed E-state index contributed by atoms with van der Waals surface area (Å²) in [6, 6.07) is 4.72. The van der Waals surface area contributed by atoms with E-state index in [-0.39, 0.29) is 5.60 Å². The highest BCUT2D eigenvalue weighted by Crippen LogP contribution is 2.47. The molecule has 110 valence electrons. The maximum Gasteiger partial charge on any atom is 0.0686 e. The number of nitrogens with zero attached hydrogens (tertiary/aromatic N) is 1. The second kappa shape index (κ2) is 5.82. The fourth-order valence-corrected chi connectivity index (χ4v) is 3.85. The first-order valence-corrected chi connectivity index (χ1v) is 8.03. The van der Waals surface area contributed by atoms with Crippen molar-refractivity contribution in [2.24, 2.45) is 5.92 Å². The van der Waals surface area contributed by atoms with E-state index in [2.05, 4.69) is 36.3 Å². The van der Waals surface area contributed by atoms with Crippen molar-refractivity contribution in [1.82, 2.24) is 10.3 Å². The Morgan fingerprint density at radius 2 is 2.35 bits per heavy atom. The third-order valence-electron chi connectivity index (χ3n) is 5.07. The van der Waals surface area contributed by atoms with E-state index in [4.69, 9.17) is 4.74 Å². The average Bonchev–Trinajstić information content (AvgIpc) is 2.44. The van der Waals surface area contributed by atoms with Gasteiger partial charge in [-0.15, -0.1) is 0 Å². The molecule has 0 amide bonds. The Kier molecular flexibility index (Phi) is 4.08. The number of ether oxygens (including phenoxy) is 1. The molecule has 1 saturated carbocycles. The molecule has 0 radical (unpaired) electrons. The minimum Gasteiger partial charge on any atom is -0.375 e. The van der Waals surface area contributed by atoms with Gasteiger partial charge in [0, 0.05) is 24.5 Å². The van der Waals surface area contributed by atoms with Crippen LogP contribution in [0.15, 0.2) is 18.3 Å². The van der Waals surface area contributed by atoms with E-state index in [1.165, 1.54) is 31.2 Å². The minimum absolute atomic E-state index is 0.215. The summed E-state index contributed by atoms with van der Waals surface area (Å²) in [5.41, 5.74) is 2.75. The lowest BCUT2D eigenvalue weighted by Crippen LogP contribution is -2.48. The maximum absolute atomic E-state index is 6.08. The number of hydrogen-bond acceptors (Lipinski definition) is 3. The molecule has 20 heavy (non-hydrogen) atoms. The molecule has 0 bridgehead atoms. The molecule has 2 atom stereocenters. The van der Waals surface area contributed by atoms with Crippen LogP contribution in [0.2, 0.25) is 0 Å². The van der Waals surface area contributed by atoms with Crippen LogP contribution in [0.1, 0.15) is 56.3 Å². The van der Waals surface area contributed by atoms with Crippen LogP contribution in [0.4, 0.5) is 0 Å². The van der Waals surface area contributed by atoms with Gasteiger partial charge in [-0.3, -0.25) is 4.98 Å². The van der Waals surface area contributed by atoms with E-state index in [9.17, 15) is 0 Å². The highest BCUT2D eigenvalue weighted by atomic mass is 16.5. The zero-order chi connectivity index (χ0) is 14.0. The lowest BCUT2D eigenvalue weighted by molar-refractivity contribution is -0.147. The van der Waals surface area contributed by atoms with Gasteiger partial charge in [0.05, 0.1) is 5.60 Å². The molecule has 1 aliphatic heterocycles. The average molecular weight is 274 g/mol. The lowest BCUT2D eigenvalue weighted by atomic mass is 9.69. The van der Waals surface area contributed by atoms with Gasteiger partial charge in [-0.2, -0.15) is 0 Å². The SMILES string of the molecule is CCNC(c1cccnc1C)C1CCOC2(CCC2)C1. The fraction of sp³-hybridized carbons (Fsp3) is 0.706. The van der Waals surface area contributed by atoms with Gasteiger partial charge in [0.25, 0.3) is 0 Å². The Labute approximate surface area is 122 Å². The Balaban J connectivity index is 1.81. The molecular formula is C17H26N2O. The van der Waals surface area contributed by atoms with Gasteiger partial charge in [0.2, 0.25) is 0 Å². The third kappa shape index (κ3) is 2.61. The van der Waals surface area contributed by atoms with E-state index < -0.39 is 0 Å². The van der Waals surface area contributed by atoms with Crippen molar-refractivity contribution in [2.45, 2.75) is 57.6 Å². The molecular weight excluding hydrogens is 248 g/mol. The Morgan fingerprint density at radius 3 is 3.00 bits per heavy atom. The first-order valence-electron chi connectivity index (χ1n) is 8.03. The summed E-state index contributed by atoms with van der Waals surface area (Å²) in [4.78, 5) is 4.48. The van der Waals surface area contributed by atoms with Gasteiger partial charge in [-0.05, 0) is 63.1 Å². The van der Waals surface area contributed by atoms with Gasteiger partial charge in [-0.1, -0.05) is 13.0 Å². The summed E-state index contributed by atoms with van der Waals surface area (Å²) in [7, 11) is 0. The van der Waals surface area contributed by atoms with E-state index in [1.54, 1.807) is 0 Å². The number of hydrogen-bond donors (Lipinski definition) is 1. The van der Waals surface area contributed by atoms with Crippen LogP contribution < -0.4 is 5.32 Å². The predicted octanol–water partition coefficient (Wildman–Crippen LogP) is 3.39. The highest BCUT2D eigenvalue weighted by Gasteiger charge is 2.44.